The summed E-state index contributed by atoms with van der Waals surface area (Å²) in [7, 11) is 0. The van der Waals surface area contributed by atoms with Crippen LogP contribution in [-0.4, -0.2) is 15.5 Å². The Morgan fingerprint density at radius 1 is 1.08 bits per heavy atom. The van der Waals surface area contributed by atoms with Crippen LogP contribution >= 0.6 is 0 Å². The van der Waals surface area contributed by atoms with E-state index in [1.165, 1.54) is 23.0 Å². The van der Waals surface area contributed by atoms with E-state index in [0.717, 1.165) is 24.3 Å². The van der Waals surface area contributed by atoms with E-state index in [4.69, 9.17) is 0 Å². The Kier molecular flexibility index (Phi) is 3.75. The minimum atomic E-state index is -1.05. The molecule has 1 aliphatic rings. The Bertz CT molecular complexity index is 1010. The van der Waals surface area contributed by atoms with Crippen molar-refractivity contribution in [3.8, 4) is 5.69 Å². The van der Waals surface area contributed by atoms with Gasteiger partial charge in [0.15, 0.2) is 11.6 Å². The third kappa shape index (κ3) is 2.63. The minimum Gasteiger partial charge on any atom is -0.310 e. The smallest absolute Gasteiger partial charge is 0.226 e. The summed E-state index contributed by atoms with van der Waals surface area (Å²) in [5.41, 5.74) is 0.396. The highest BCUT2D eigenvalue weighted by atomic mass is 19.2. The number of amides is 1. The Morgan fingerprint density at radius 2 is 1.81 bits per heavy atom. The predicted molar refractivity (Wildman–Crippen MR) is 84.9 cm³/mol. The number of fused-ring (bicyclic) bond motifs is 1. The number of carbonyl (C=O) groups is 1. The maximum absolute atomic E-state index is 14.2. The first kappa shape index (κ1) is 16.3. The van der Waals surface area contributed by atoms with Crippen LogP contribution in [0.15, 0.2) is 42.7 Å². The lowest BCUT2D eigenvalue weighted by molar-refractivity contribution is -0.116. The summed E-state index contributed by atoms with van der Waals surface area (Å²) in [6.45, 7) is 0. The van der Waals surface area contributed by atoms with Gasteiger partial charge in [-0.25, -0.2) is 22.5 Å². The fourth-order valence-corrected chi connectivity index (χ4v) is 3.13. The molecule has 2 heterocycles. The molecule has 132 valence electrons. The highest BCUT2D eigenvalue weighted by Gasteiger charge is 2.33. The van der Waals surface area contributed by atoms with E-state index in [9.17, 15) is 22.4 Å². The summed E-state index contributed by atoms with van der Waals surface area (Å²) >= 11 is 0. The standard InChI is InChI=1S/C18H11F4N3O/c19-9-4-10(20)6-11(5-9)25-8-23-17-13(7-15(26)24-18(17)25)12-2-1-3-14(21)16(12)22/h1-6,8,13H,7H2,(H,24,26)/t13-/m1/s1. The molecule has 1 aromatic heterocycles. The molecular weight excluding hydrogens is 350 g/mol. The van der Waals surface area contributed by atoms with E-state index in [1.54, 1.807) is 0 Å². The maximum atomic E-state index is 14.2. The van der Waals surface area contributed by atoms with Gasteiger partial charge in [-0.15, -0.1) is 0 Å². The molecule has 1 amide bonds. The Hall–Kier alpha value is -3.16. The largest absolute Gasteiger partial charge is 0.310 e. The SMILES string of the molecule is O=C1C[C@H](c2cccc(F)c2F)c2ncn(-c3cc(F)cc(F)c3)c2N1. The van der Waals surface area contributed by atoms with E-state index in [0.29, 0.717) is 5.69 Å². The second-order valence-electron chi connectivity index (χ2n) is 5.92. The molecule has 0 aliphatic carbocycles. The van der Waals surface area contributed by atoms with Gasteiger partial charge in [-0.05, 0) is 18.2 Å². The Morgan fingerprint density at radius 3 is 2.54 bits per heavy atom. The van der Waals surface area contributed by atoms with E-state index < -0.39 is 35.1 Å². The van der Waals surface area contributed by atoms with Crippen molar-refractivity contribution in [3.05, 3.63) is 77.3 Å². The van der Waals surface area contributed by atoms with Crippen molar-refractivity contribution in [1.82, 2.24) is 9.55 Å². The van der Waals surface area contributed by atoms with Crippen molar-refractivity contribution in [3.63, 3.8) is 0 Å². The molecule has 2 aromatic carbocycles. The monoisotopic (exact) mass is 361 g/mol. The predicted octanol–water partition coefficient (Wildman–Crippen LogP) is 3.90. The molecule has 3 aromatic rings. The normalized spacial score (nSPS) is 16.3. The lowest BCUT2D eigenvalue weighted by atomic mass is 9.89. The average molecular weight is 361 g/mol. The zero-order valence-electron chi connectivity index (χ0n) is 13.1. The van der Waals surface area contributed by atoms with Gasteiger partial charge in [0, 0.05) is 24.0 Å². The summed E-state index contributed by atoms with van der Waals surface area (Å²) in [5.74, 6) is -4.75. The molecule has 4 rings (SSSR count). The number of nitrogens with one attached hydrogen (secondary N) is 1. The molecular formula is C18H11F4N3O. The molecule has 1 aliphatic heterocycles. The van der Waals surface area contributed by atoms with E-state index >= 15 is 0 Å². The first-order valence-electron chi connectivity index (χ1n) is 7.71. The first-order valence-corrected chi connectivity index (χ1v) is 7.71. The molecule has 1 atom stereocenters. The van der Waals surface area contributed by atoms with Crippen molar-refractivity contribution in [2.24, 2.45) is 0 Å². The van der Waals surface area contributed by atoms with E-state index in [2.05, 4.69) is 10.3 Å². The first-order chi connectivity index (χ1) is 12.4. The lowest BCUT2D eigenvalue weighted by Crippen LogP contribution is -2.25. The van der Waals surface area contributed by atoms with Gasteiger partial charge in [-0.3, -0.25) is 9.36 Å². The van der Waals surface area contributed by atoms with Crippen LogP contribution in [0.25, 0.3) is 5.69 Å². The molecule has 26 heavy (non-hydrogen) atoms. The Labute approximate surface area is 145 Å². The summed E-state index contributed by atoms with van der Waals surface area (Å²) in [4.78, 5) is 16.3. The number of rotatable bonds is 2. The van der Waals surface area contributed by atoms with E-state index in [-0.39, 0.29) is 23.5 Å². The van der Waals surface area contributed by atoms with Gasteiger partial charge in [0.05, 0.1) is 11.4 Å². The van der Waals surface area contributed by atoms with Crippen molar-refractivity contribution in [2.45, 2.75) is 12.3 Å². The third-order valence-corrected chi connectivity index (χ3v) is 4.26. The number of nitrogens with zero attached hydrogens (tertiary/aromatic N) is 2. The number of carbonyl (C=O) groups excluding carboxylic acids is 1. The van der Waals surface area contributed by atoms with Crippen molar-refractivity contribution < 1.29 is 22.4 Å². The molecule has 4 nitrogen and oxygen atoms in total. The highest BCUT2D eigenvalue weighted by molar-refractivity contribution is 5.94. The van der Waals surface area contributed by atoms with Crippen LogP contribution < -0.4 is 5.32 Å². The minimum absolute atomic E-state index is 0.00299. The molecule has 0 radical (unpaired) electrons. The number of hydrogen-bond donors (Lipinski definition) is 1. The molecule has 8 heteroatoms. The highest BCUT2D eigenvalue weighted by Crippen LogP contribution is 2.38. The van der Waals surface area contributed by atoms with Crippen molar-refractivity contribution in [2.75, 3.05) is 5.32 Å². The number of imidazole rings is 1. The summed E-state index contributed by atoms with van der Waals surface area (Å²) in [6.07, 6.45) is 1.15. The number of benzene rings is 2. The summed E-state index contributed by atoms with van der Waals surface area (Å²) < 4.78 is 56.1. The van der Waals surface area contributed by atoms with Gasteiger partial charge in [0.25, 0.3) is 0 Å². The second-order valence-corrected chi connectivity index (χ2v) is 5.92. The van der Waals surface area contributed by atoms with Crippen molar-refractivity contribution >= 4 is 11.7 Å². The summed E-state index contributed by atoms with van der Waals surface area (Å²) in [5, 5.41) is 2.58. The van der Waals surface area contributed by atoms with Gasteiger partial charge >= 0.3 is 0 Å². The fourth-order valence-electron chi connectivity index (χ4n) is 3.13. The van der Waals surface area contributed by atoms with Gasteiger partial charge < -0.3 is 5.32 Å². The second kappa shape index (κ2) is 5.98. The van der Waals surface area contributed by atoms with Crippen LogP contribution in [0.2, 0.25) is 0 Å². The Balaban J connectivity index is 1.86. The quantitative estimate of drug-likeness (QED) is 0.704. The molecule has 0 unspecified atom stereocenters. The topological polar surface area (TPSA) is 46.9 Å². The number of hydrogen-bond acceptors (Lipinski definition) is 2. The van der Waals surface area contributed by atoms with Crippen LogP contribution in [0.1, 0.15) is 23.6 Å². The average Bonchev–Trinajstić information content (AvgIpc) is 2.99. The number of anilines is 1. The molecule has 1 N–H and O–H groups in total. The molecule has 0 saturated carbocycles. The molecule has 0 fully saturated rings. The van der Waals surface area contributed by atoms with Crippen LogP contribution in [0.4, 0.5) is 23.4 Å². The third-order valence-electron chi connectivity index (χ3n) is 4.26. The van der Waals surface area contributed by atoms with Gasteiger partial charge in [-0.2, -0.15) is 0 Å². The van der Waals surface area contributed by atoms with Crippen LogP contribution in [0, 0.1) is 23.3 Å². The van der Waals surface area contributed by atoms with Crippen LogP contribution in [0.3, 0.4) is 0 Å². The van der Waals surface area contributed by atoms with Crippen LogP contribution in [-0.2, 0) is 4.79 Å². The zero-order valence-corrected chi connectivity index (χ0v) is 13.1. The van der Waals surface area contributed by atoms with Gasteiger partial charge in [0.2, 0.25) is 5.91 Å². The van der Waals surface area contributed by atoms with E-state index in [1.807, 2.05) is 0 Å². The number of halogens is 4. The van der Waals surface area contributed by atoms with Crippen LogP contribution in [0.5, 0.6) is 0 Å². The molecule has 0 spiro atoms. The summed E-state index contributed by atoms with van der Waals surface area (Å²) in [6, 6.07) is 6.57. The zero-order chi connectivity index (χ0) is 18.4. The van der Waals surface area contributed by atoms with Gasteiger partial charge in [-0.1, -0.05) is 12.1 Å². The molecule has 0 saturated heterocycles. The molecule has 0 bridgehead atoms. The fraction of sp³-hybridized carbons (Fsp3) is 0.111. The van der Waals surface area contributed by atoms with Gasteiger partial charge in [0.1, 0.15) is 23.8 Å². The van der Waals surface area contributed by atoms with Crippen molar-refractivity contribution in [1.29, 1.82) is 0 Å². The lowest BCUT2D eigenvalue weighted by Gasteiger charge is -2.23. The maximum Gasteiger partial charge on any atom is 0.226 e. The number of aromatic nitrogens is 2.